The Bertz CT molecular complexity index is 336. The van der Waals surface area contributed by atoms with Gasteiger partial charge in [0.25, 0.3) is 0 Å². The van der Waals surface area contributed by atoms with E-state index in [1.165, 1.54) is 11.1 Å². The number of aliphatic hydroxyl groups excluding tert-OH is 1. The van der Waals surface area contributed by atoms with Gasteiger partial charge in [-0.2, -0.15) is 0 Å². The van der Waals surface area contributed by atoms with E-state index in [0.717, 1.165) is 32.2 Å². The van der Waals surface area contributed by atoms with Gasteiger partial charge in [0, 0.05) is 6.54 Å². The first kappa shape index (κ1) is 12.6. The van der Waals surface area contributed by atoms with Crippen LogP contribution in [0.15, 0.2) is 24.3 Å². The maximum Gasteiger partial charge on any atom is 0.0540 e. The van der Waals surface area contributed by atoms with E-state index < -0.39 is 0 Å². The zero-order valence-corrected chi connectivity index (χ0v) is 10.9. The first-order valence-electron chi connectivity index (χ1n) is 6.57. The molecule has 0 radical (unpaired) electrons. The third-order valence-corrected chi connectivity index (χ3v) is 3.65. The van der Waals surface area contributed by atoms with Gasteiger partial charge in [-0.05, 0) is 56.8 Å². The van der Waals surface area contributed by atoms with Gasteiger partial charge in [-0.1, -0.05) is 24.3 Å². The van der Waals surface area contributed by atoms with Crippen molar-refractivity contribution in [1.82, 2.24) is 4.90 Å². The quantitative estimate of drug-likeness (QED) is 0.867. The normalized spacial score (nSPS) is 25.2. The van der Waals surface area contributed by atoms with Crippen molar-refractivity contribution in [3.8, 4) is 0 Å². The molecule has 0 aromatic heterocycles. The summed E-state index contributed by atoms with van der Waals surface area (Å²) in [6.45, 7) is 1.00. The second-order valence-electron chi connectivity index (χ2n) is 5.48. The van der Waals surface area contributed by atoms with Gasteiger partial charge in [-0.3, -0.25) is 0 Å². The van der Waals surface area contributed by atoms with Gasteiger partial charge in [0.15, 0.2) is 0 Å². The molecule has 2 heteroatoms. The van der Waals surface area contributed by atoms with Crippen LogP contribution in [0.4, 0.5) is 0 Å². The molecular formula is C15H23NO. The molecule has 2 nitrogen and oxygen atoms in total. The van der Waals surface area contributed by atoms with Crippen LogP contribution in [-0.2, 0) is 6.54 Å². The summed E-state index contributed by atoms with van der Waals surface area (Å²) in [6, 6.07) is 9.00. The maximum atomic E-state index is 9.51. The van der Waals surface area contributed by atoms with E-state index in [2.05, 4.69) is 43.3 Å². The maximum absolute atomic E-state index is 9.51. The number of benzene rings is 1. The molecule has 17 heavy (non-hydrogen) atoms. The second-order valence-corrected chi connectivity index (χ2v) is 5.48. The first-order valence-corrected chi connectivity index (χ1v) is 6.57. The smallest absolute Gasteiger partial charge is 0.0540 e. The van der Waals surface area contributed by atoms with Crippen LogP contribution in [0.2, 0.25) is 0 Å². The highest BCUT2D eigenvalue weighted by Crippen LogP contribution is 2.32. The fraction of sp³-hybridized carbons (Fsp3) is 0.600. The number of hydrogen-bond acceptors (Lipinski definition) is 2. The van der Waals surface area contributed by atoms with Crippen LogP contribution < -0.4 is 0 Å². The van der Waals surface area contributed by atoms with Gasteiger partial charge in [0.1, 0.15) is 0 Å². The highest BCUT2D eigenvalue weighted by molar-refractivity contribution is 5.25. The third-order valence-electron chi connectivity index (χ3n) is 3.65. The average Bonchev–Trinajstić information content (AvgIpc) is 2.30. The average molecular weight is 233 g/mol. The number of aliphatic hydroxyl groups is 1. The minimum atomic E-state index is -0.0562. The zero-order valence-electron chi connectivity index (χ0n) is 10.9. The molecule has 0 spiro atoms. The van der Waals surface area contributed by atoms with Crippen LogP contribution in [-0.4, -0.2) is 30.2 Å². The molecule has 1 saturated carbocycles. The van der Waals surface area contributed by atoms with Gasteiger partial charge in [-0.25, -0.2) is 0 Å². The molecule has 94 valence electrons. The van der Waals surface area contributed by atoms with Crippen molar-refractivity contribution in [3.63, 3.8) is 0 Å². The summed E-state index contributed by atoms with van der Waals surface area (Å²) in [6.07, 6.45) is 4.13. The molecule has 0 aliphatic heterocycles. The number of nitrogens with zero attached hydrogens (tertiary/aromatic N) is 1. The summed E-state index contributed by atoms with van der Waals surface area (Å²) in [5.41, 5.74) is 2.81. The van der Waals surface area contributed by atoms with Gasteiger partial charge < -0.3 is 10.0 Å². The molecule has 1 N–H and O–H groups in total. The zero-order chi connectivity index (χ0) is 12.3. The van der Waals surface area contributed by atoms with Crippen LogP contribution >= 0.6 is 0 Å². The summed E-state index contributed by atoms with van der Waals surface area (Å²) in [7, 11) is 4.19. The Kier molecular flexibility index (Phi) is 4.19. The highest BCUT2D eigenvalue weighted by atomic mass is 16.3. The predicted octanol–water partition coefficient (Wildman–Crippen LogP) is 2.77. The van der Waals surface area contributed by atoms with Crippen molar-refractivity contribution >= 4 is 0 Å². The van der Waals surface area contributed by atoms with Crippen molar-refractivity contribution < 1.29 is 5.11 Å². The van der Waals surface area contributed by atoms with Crippen LogP contribution in [0.25, 0.3) is 0 Å². The summed E-state index contributed by atoms with van der Waals surface area (Å²) in [5.74, 6) is 0.659. The molecule has 1 aromatic rings. The largest absolute Gasteiger partial charge is 0.393 e. The van der Waals surface area contributed by atoms with E-state index in [0.29, 0.717) is 5.92 Å². The molecule has 1 aromatic carbocycles. The molecule has 1 aliphatic rings. The van der Waals surface area contributed by atoms with E-state index >= 15 is 0 Å². The Morgan fingerprint density at radius 2 is 1.65 bits per heavy atom. The van der Waals surface area contributed by atoms with Crippen LogP contribution in [0.5, 0.6) is 0 Å². The minimum absolute atomic E-state index is 0.0562. The number of hydrogen-bond donors (Lipinski definition) is 1. The molecule has 2 rings (SSSR count). The van der Waals surface area contributed by atoms with Crippen LogP contribution in [0.3, 0.4) is 0 Å². The summed E-state index contributed by atoms with van der Waals surface area (Å²) >= 11 is 0. The third kappa shape index (κ3) is 3.55. The fourth-order valence-electron chi connectivity index (χ4n) is 2.67. The van der Waals surface area contributed by atoms with Crippen molar-refractivity contribution in [2.45, 2.75) is 44.2 Å². The summed E-state index contributed by atoms with van der Waals surface area (Å²) in [4.78, 5) is 2.19. The van der Waals surface area contributed by atoms with Crippen molar-refractivity contribution in [2.24, 2.45) is 0 Å². The lowest BCUT2D eigenvalue weighted by molar-refractivity contribution is 0.122. The summed E-state index contributed by atoms with van der Waals surface area (Å²) < 4.78 is 0. The van der Waals surface area contributed by atoms with Gasteiger partial charge >= 0.3 is 0 Å². The number of rotatable bonds is 3. The molecule has 0 unspecified atom stereocenters. The molecule has 1 aliphatic carbocycles. The Hall–Kier alpha value is -0.860. The van der Waals surface area contributed by atoms with E-state index in [9.17, 15) is 5.11 Å². The Morgan fingerprint density at radius 3 is 2.18 bits per heavy atom. The monoisotopic (exact) mass is 233 g/mol. The van der Waals surface area contributed by atoms with Crippen molar-refractivity contribution in [1.29, 1.82) is 0 Å². The SMILES string of the molecule is CN(C)Cc1ccc([C@H]2CC[C@H](O)CC2)cc1. The van der Waals surface area contributed by atoms with Crippen molar-refractivity contribution in [2.75, 3.05) is 14.1 Å². The Balaban J connectivity index is 1.97. The fourth-order valence-corrected chi connectivity index (χ4v) is 2.67. The molecule has 0 atom stereocenters. The molecule has 0 saturated heterocycles. The first-order chi connectivity index (χ1) is 8.15. The van der Waals surface area contributed by atoms with E-state index in [1.807, 2.05) is 0 Å². The molecule has 0 bridgehead atoms. The molecule has 0 amide bonds. The Labute approximate surface area is 104 Å². The van der Waals surface area contributed by atoms with E-state index in [1.54, 1.807) is 0 Å². The molecule has 1 fully saturated rings. The topological polar surface area (TPSA) is 23.5 Å². The van der Waals surface area contributed by atoms with Gasteiger partial charge in [0.2, 0.25) is 0 Å². The van der Waals surface area contributed by atoms with Crippen LogP contribution in [0.1, 0.15) is 42.7 Å². The molecule has 0 heterocycles. The lowest BCUT2D eigenvalue weighted by Crippen LogP contribution is -2.17. The molecular weight excluding hydrogens is 210 g/mol. The highest BCUT2D eigenvalue weighted by Gasteiger charge is 2.20. The minimum Gasteiger partial charge on any atom is -0.393 e. The summed E-state index contributed by atoms with van der Waals surface area (Å²) in [5, 5.41) is 9.51. The van der Waals surface area contributed by atoms with E-state index in [4.69, 9.17) is 0 Å². The van der Waals surface area contributed by atoms with Gasteiger partial charge in [0.05, 0.1) is 6.10 Å². The Morgan fingerprint density at radius 1 is 1.06 bits per heavy atom. The standard InChI is InChI=1S/C15H23NO/c1-16(2)11-12-3-5-13(6-4-12)14-7-9-15(17)10-8-14/h3-6,14-15,17H,7-11H2,1-2H3/t14-,15-. The lowest BCUT2D eigenvalue weighted by atomic mass is 9.82. The van der Waals surface area contributed by atoms with Gasteiger partial charge in [-0.15, -0.1) is 0 Å². The second kappa shape index (κ2) is 5.65. The van der Waals surface area contributed by atoms with Crippen LogP contribution in [0, 0.1) is 0 Å². The van der Waals surface area contributed by atoms with E-state index in [-0.39, 0.29) is 6.10 Å². The lowest BCUT2D eigenvalue weighted by Gasteiger charge is -2.25. The predicted molar refractivity (Wildman–Crippen MR) is 71.0 cm³/mol. The van der Waals surface area contributed by atoms with Crippen molar-refractivity contribution in [3.05, 3.63) is 35.4 Å².